The average molecular weight is 590 g/mol. The van der Waals surface area contributed by atoms with E-state index in [4.69, 9.17) is 16.3 Å². The van der Waals surface area contributed by atoms with Crippen LogP contribution >= 0.6 is 27.5 Å². The normalized spacial score (nSPS) is 18.2. The number of aromatic hydroxyl groups is 2. The molecule has 4 N–H and O–H groups in total. The predicted molar refractivity (Wildman–Crippen MR) is 118 cm³/mol. The van der Waals surface area contributed by atoms with Crippen molar-refractivity contribution in [3.63, 3.8) is 0 Å². The molecule has 3 rings (SSSR count). The summed E-state index contributed by atoms with van der Waals surface area (Å²) in [7, 11) is -3.21. The summed E-state index contributed by atoms with van der Waals surface area (Å²) in [5, 5.41) is 22.8. The molecule has 1 aliphatic carbocycles. The summed E-state index contributed by atoms with van der Waals surface area (Å²) in [5.74, 6) is -3.72. The van der Waals surface area contributed by atoms with Gasteiger partial charge in [0.25, 0.3) is 15.9 Å². The fourth-order valence-corrected chi connectivity index (χ4v) is 5.36. The highest BCUT2D eigenvalue weighted by Crippen LogP contribution is 2.39. The van der Waals surface area contributed by atoms with E-state index in [1.54, 1.807) is 0 Å². The minimum absolute atomic E-state index is 0.0918. The van der Waals surface area contributed by atoms with Gasteiger partial charge in [0, 0.05) is 23.7 Å². The van der Waals surface area contributed by atoms with E-state index in [0.717, 1.165) is 6.07 Å². The SMILES string of the molecule is COC1CC(NC(=O)c2cc(OC(F)(F)F)cc(NS(=O)(=O)c3cc(Br)cc(Cl)c3O)c2O)C1. The first-order valence-electron chi connectivity index (χ1n) is 9.37. The maximum absolute atomic E-state index is 12.8. The van der Waals surface area contributed by atoms with Crippen LogP contribution in [0.3, 0.4) is 0 Å². The van der Waals surface area contributed by atoms with Gasteiger partial charge < -0.3 is 25.0 Å². The number of amides is 1. The molecule has 0 saturated heterocycles. The molecule has 0 aliphatic heterocycles. The number of benzene rings is 2. The Morgan fingerprint density at radius 3 is 2.41 bits per heavy atom. The number of hydrogen-bond acceptors (Lipinski definition) is 7. The van der Waals surface area contributed by atoms with Crippen LogP contribution in [0, 0.1) is 0 Å². The maximum atomic E-state index is 12.8. The van der Waals surface area contributed by atoms with Crippen LogP contribution in [0.1, 0.15) is 23.2 Å². The van der Waals surface area contributed by atoms with E-state index in [1.165, 1.54) is 13.2 Å². The number of phenolic OH excluding ortho intramolecular Hbond substituents is 2. The molecule has 34 heavy (non-hydrogen) atoms. The number of ether oxygens (including phenoxy) is 2. The molecule has 9 nitrogen and oxygen atoms in total. The van der Waals surface area contributed by atoms with Crippen molar-refractivity contribution in [2.75, 3.05) is 11.8 Å². The van der Waals surface area contributed by atoms with Crippen molar-refractivity contribution in [2.24, 2.45) is 0 Å². The first kappa shape index (κ1) is 26.2. The highest BCUT2D eigenvalue weighted by Gasteiger charge is 2.34. The van der Waals surface area contributed by atoms with Crippen LogP contribution in [0.5, 0.6) is 17.2 Å². The highest BCUT2D eigenvalue weighted by atomic mass is 79.9. The third-order valence-electron chi connectivity index (χ3n) is 4.85. The monoisotopic (exact) mass is 588 g/mol. The van der Waals surface area contributed by atoms with Crippen LogP contribution in [0.15, 0.2) is 33.6 Å². The van der Waals surface area contributed by atoms with Crippen LogP contribution in [0.2, 0.25) is 5.02 Å². The van der Waals surface area contributed by atoms with Crippen LogP contribution in [0.4, 0.5) is 18.9 Å². The molecule has 2 aromatic carbocycles. The number of phenols is 2. The van der Waals surface area contributed by atoms with Crippen molar-refractivity contribution in [1.82, 2.24) is 5.32 Å². The molecule has 1 amide bonds. The Morgan fingerprint density at radius 2 is 1.82 bits per heavy atom. The molecule has 0 atom stereocenters. The van der Waals surface area contributed by atoms with E-state index in [2.05, 4.69) is 26.0 Å². The Labute approximate surface area is 205 Å². The number of anilines is 1. The Balaban J connectivity index is 2.00. The summed E-state index contributed by atoms with van der Waals surface area (Å²) in [6, 6.07) is 2.99. The summed E-state index contributed by atoms with van der Waals surface area (Å²) in [6.07, 6.45) is -4.36. The van der Waals surface area contributed by atoms with Crippen LogP contribution in [-0.4, -0.2) is 50.2 Å². The molecule has 15 heteroatoms. The lowest BCUT2D eigenvalue weighted by Crippen LogP contribution is -2.47. The van der Waals surface area contributed by atoms with Gasteiger partial charge in [0.1, 0.15) is 10.6 Å². The summed E-state index contributed by atoms with van der Waals surface area (Å²) >= 11 is 8.80. The topological polar surface area (TPSA) is 134 Å². The van der Waals surface area contributed by atoms with Crippen LogP contribution < -0.4 is 14.8 Å². The Hall–Kier alpha value is -2.42. The molecule has 0 aromatic heterocycles. The number of hydrogen-bond donors (Lipinski definition) is 4. The molecule has 1 fully saturated rings. The lowest BCUT2D eigenvalue weighted by molar-refractivity contribution is -0.274. The summed E-state index contributed by atoms with van der Waals surface area (Å²) in [5.41, 5.74) is -1.47. The molecule has 0 heterocycles. The van der Waals surface area contributed by atoms with E-state index >= 15 is 0 Å². The van der Waals surface area contributed by atoms with Crippen molar-refractivity contribution >= 4 is 49.1 Å². The molecule has 0 radical (unpaired) electrons. The van der Waals surface area contributed by atoms with Gasteiger partial charge in [-0.3, -0.25) is 9.52 Å². The molecule has 2 aromatic rings. The number of carbonyl (C=O) groups excluding carboxylic acids is 1. The Morgan fingerprint density at radius 1 is 1.18 bits per heavy atom. The minimum atomic E-state index is -5.17. The number of nitrogens with one attached hydrogen (secondary N) is 2. The second-order valence-corrected chi connectivity index (χ2v) is 10.2. The molecule has 1 saturated carbocycles. The zero-order chi connectivity index (χ0) is 25.4. The quantitative estimate of drug-likeness (QED) is 0.357. The molecule has 0 bridgehead atoms. The zero-order valence-electron chi connectivity index (χ0n) is 17.1. The van der Waals surface area contributed by atoms with Crippen LogP contribution in [-0.2, 0) is 14.8 Å². The highest BCUT2D eigenvalue weighted by molar-refractivity contribution is 9.10. The van der Waals surface area contributed by atoms with Crippen molar-refractivity contribution in [3.05, 3.63) is 39.3 Å². The third-order valence-corrected chi connectivity index (χ3v) is 6.98. The fraction of sp³-hybridized carbons (Fsp3) is 0.316. The minimum Gasteiger partial charge on any atom is -0.505 e. The van der Waals surface area contributed by atoms with E-state index < -0.39 is 55.7 Å². The zero-order valence-corrected chi connectivity index (χ0v) is 20.3. The fourth-order valence-electron chi connectivity index (χ4n) is 3.14. The number of rotatable bonds is 7. The van der Waals surface area contributed by atoms with Crippen molar-refractivity contribution in [3.8, 4) is 17.2 Å². The van der Waals surface area contributed by atoms with Crippen molar-refractivity contribution < 1.29 is 46.1 Å². The van der Waals surface area contributed by atoms with Crippen LogP contribution in [0.25, 0.3) is 0 Å². The van der Waals surface area contributed by atoms with Gasteiger partial charge in [0.15, 0.2) is 11.5 Å². The van der Waals surface area contributed by atoms with E-state index in [1.807, 2.05) is 4.72 Å². The van der Waals surface area contributed by atoms with Gasteiger partial charge in [0.2, 0.25) is 0 Å². The summed E-state index contributed by atoms with van der Waals surface area (Å²) in [6.45, 7) is 0. The van der Waals surface area contributed by atoms with E-state index in [9.17, 15) is 36.6 Å². The maximum Gasteiger partial charge on any atom is 0.573 e. The number of methoxy groups -OCH3 is 1. The molecule has 0 unspecified atom stereocenters. The van der Waals surface area contributed by atoms with Crippen molar-refractivity contribution in [1.29, 1.82) is 0 Å². The standard InChI is InChI=1S/C19H17BrClF3N2O7S/c1-32-10-4-9(5-10)25-18(29)12-6-11(33-19(22,23)24)7-14(16(12)27)26-34(30,31)15-3-8(20)2-13(21)17(15)28/h2-3,6-7,9-10,26-28H,4-5H2,1H3,(H,25,29). The molecular formula is C19H17BrClF3N2O7S. The average Bonchev–Trinajstić information content (AvgIpc) is 2.67. The Kier molecular flexibility index (Phi) is 7.45. The van der Waals surface area contributed by atoms with Gasteiger partial charge in [-0.1, -0.05) is 27.5 Å². The van der Waals surface area contributed by atoms with Gasteiger partial charge in [-0.15, -0.1) is 13.2 Å². The van der Waals surface area contributed by atoms with Gasteiger partial charge in [-0.2, -0.15) is 0 Å². The van der Waals surface area contributed by atoms with Gasteiger partial charge >= 0.3 is 6.36 Å². The van der Waals surface area contributed by atoms with Gasteiger partial charge in [0.05, 0.1) is 22.4 Å². The molecule has 1 aliphatic rings. The predicted octanol–water partition coefficient (Wildman–Crippen LogP) is 4.12. The smallest absolute Gasteiger partial charge is 0.505 e. The first-order chi connectivity index (χ1) is 15.7. The lowest BCUT2D eigenvalue weighted by atomic mass is 9.89. The Bertz CT molecular complexity index is 1220. The largest absolute Gasteiger partial charge is 0.573 e. The van der Waals surface area contributed by atoms with E-state index in [-0.39, 0.29) is 21.6 Å². The van der Waals surface area contributed by atoms with Gasteiger partial charge in [-0.25, -0.2) is 8.42 Å². The van der Waals surface area contributed by atoms with Gasteiger partial charge in [-0.05, 0) is 31.0 Å². The summed E-state index contributed by atoms with van der Waals surface area (Å²) < 4.78 is 75.0. The number of sulfonamides is 1. The molecule has 186 valence electrons. The second kappa shape index (κ2) is 9.68. The number of halogens is 5. The summed E-state index contributed by atoms with van der Waals surface area (Å²) in [4.78, 5) is 11.9. The number of carbonyl (C=O) groups is 1. The molecule has 0 spiro atoms. The second-order valence-electron chi connectivity index (χ2n) is 7.25. The number of alkyl halides is 3. The first-order valence-corrected chi connectivity index (χ1v) is 12.0. The van der Waals surface area contributed by atoms with Crippen molar-refractivity contribution in [2.45, 2.75) is 36.2 Å². The van der Waals surface area contributed by atoms with E-state index in [0.29, 0.717) is 25.0 Å². The third kappa shape index (κ3) is 5.98. The lowest BCUT2D eigenvalue weighted by Gasteiger charge is -2.34. The molecular weight excluding hydrogens is 573 g/mol.